The molecule has 0 radical (unpaired) electrons. The van der Waals surface area contributed by atoms with E-state index in [1.54, 1.807) is 7.11 Å². The van der Waals surface area contributed by atoms with Gasteiger partial charge in [0.05, 0.1) is 18.3 Å². The third-order valence-corrected chi connectivity index (χ3v) is 5.43. The van der Waals surface area contributed by atoms with E-state index in [9.17, 15) is 5.11 Å². The summed E-state index contributed by atoms with van der Waals surface area (Å²) in [5.41, 5.74) is 0. The fraction of sp³-hybridized carbons (Fsp3) is 1.00. The molecule has 0 bridgehead atoms. The average molecular weight is 315 g/mol. The minimum atomic E-state index is -0.185. The summed E-state index contributed by atoms with van der Waals surface area (Å²) in [4.78, 5) is 0. The molecule has 3 nitrogen and oxygen atoms in total. The Balaban J connectivity index is 0.000000541. The summed E-state index contributed by atoms with van der Waals surface area (Å²) in [7, 11) is 3.61. The number of methoxy groups -OCH3 is 2. The minimum Gasteiger partial charge on any atom is -0.393 e. The summed E-state index contributed by atoms with van der Waals surface area (Å²) < 4.78 is 11.4. The highest BCUT2D eigenvalue weighted by atomic mass is 16.5. The number of aliphatic hydroxyl groups is 1. The summed E-state index contributed by atoms with van der Waals surface area (Å²) in [6, 6.07) is 0. The second kappa shape index (κ2) is 11.4. The fourth-order valence-corrected chi connectivity index (χ4v) is 3.96. The Morgan fingerprint density at radius 3 is 2.09 bits per heavy atom. The van der Waals surface area contributed by atoms with E-state index >= 15 is 0 Å². The van der Waals surface area contributed by atoms with E-state index in [2.05, 4.69) is 13.8 Å². The molecule has 0 heterocycles. The molecule has 0 aromatic heterocycles. The maximum atomic E-state index is 9.77. The van der Waals surface area contributed by atoms with Gasteiger partial charge in [0.15, 0.2) is 0 Å². The molecule has 2 fully saturated rings. The largest absolute Gasteiger partial charge is 0.393 e. The average Bonchev–Trinajstić information content (AvgIpc) is 2.58. The van der Waals surface area contributed by atoms with Crippen molar-refractivity contribution in [2.45, 2.75) is 96.4 Å². The van der Waals surface area contributed by atoms with E-state index in [1.165, 1.54) is 44.9 Å². The van der Waals surface area contributed by atoms with Crippen LogP contribution in [0.15, 0.2) is 0 Å². The summed E-state index contributed by atoms with van der Waals surface area (Å²) in [5, 5.41) is 9.77. The molecule has 4 atom stereocenters. The Morgan fingerprint density at radius 1 is 0.955 bits per heavy atom. The van der Waals surface area contributed by atoms with Crippen LogP contribution in [0.3, 0.4) is 0 Å². The molecule has 2 saturated carbocycles. The topological polar surface area (TPSA) is 38.7 Å². The number of rotatable bonds is 5. The fourth-order valence-electron chi connectivity index (χ4n) is 3.96. The molecule has 1 N–H and O–H groups in total. The first kappa shape index (κ1) is 19.9. The number of hydrogen-bond donors (Lipinski definition) is 1. The van der Waals surface area contributed by atoms with Gasteiger partial charge in [-0.1, -0.05) is 46.0 Å². The highest BCUT2D eigenvalue weighted by Crippen LogP contribution is 2.38. The molecule has 2 aliphatic rings. The van der Waals surface area contributed by atoms with Crippen molar-refractivity contribution in [3.63, 3.8) is 0 Å². The molecule has 4 unspecified atom stereocenters. The van der Waals surface area contributed by atoms with E-state index < -0.39 is 0 Å². The number of aliphatic hydroxyl groups excluding tert-OH is 1. The van der Waals surface area contributed by atoms with Crippen LogP contribution in [0.25, 0.3) is 0 Å². The van der Waals surface area contributed by atoms with Gasteiger partial charge in [-0.15, -0.1) is 0 Å². The zero-order valence-corrected chi connectivity index (χ0v) is 15.2. The quantitative estimate of drug-likeness (QED) is 0.808. The van der Waals surface area contributed by atoms with Crippen molar-refractivity contribution in [1.82, 2.24) is 0 Å². The molecule has 0 spiro atoms. The van der Waals surface area contributed by atoms with Gasteiger partial charge < -0.3 is 14.6 Å². The van der Waals surface area contributed by atoms with E-state index in [-0.39, 0.29) is 12.2 Å². The van der Waals surface area contributed by atoms with Gasteiger partial charge >= 0.3 is 0 Å². The van der Waals surface area contributed by atoms with Crippen LogP contribution in [0.4, 0.5) is 0 Å². The third kappa shape index (κ3) is 6.17. The van der Waals surface area contributed by atoms with Gasteiger partial charge in [-0.2, -0.15) is 0 Å². The molecule has 0 amide bonds. The van der Waals surface area contributed by atoms with E-state index in [4.69, 9.17) is 9.47 Å². The highest BCUT2D eigenvalue weighted by Gasteiger charge is 2.39. The van der Waals surface area contributed by atoms with Crippen LogP contribution >= 0.6 is 0 Å². The van der Waals surface area contributed by atoms with Gasteiger partial charge in [0, 0.05) is 20.1 Å². The number of ether oxygens (including phenoxy) is 2. The molecule has 0 aliphatic heterocycles. The second-order valence-corrected chi connectivity index (χ2v) is 7.00. The lowest BCUT2D eigenvalue weighted by Gasteiger charge is -2.41. The Hall–Kier alpha value is -0.120. The Kier molecular flexibility index (Phi) is 10.3. The first-order valence-electron chi connectivity index (χ1n) is 9.41. The molecular weight excluding hydrogens is 276 g/mol. The molecule has 0 saturated heterocycles. The van der Waals surface area contributed by atoms with Gasteiger partial charge in [-0.25, -0.2) is 0 Å². The van der Waals surface area contributed by atoms with Crippen molar-refractivity contribution in [2.24, 2.45) is 11.8 Å². The van der Waals surface area contributed by atoms with Gasteiger partial charge in [0.1, 0.15) is 0 Å². The number of hydrogen-bond acceptors (Lipinski definition) is 3. The van der Waals surface area contributed by atoms with Crippen molar-refractivity contribution < 1.29 is 14.6 Å². The lowest BCUT2D eigenvalue weighted by Crippen LogP contribution is -2.44. The monoisotopic (exact) mass is 314 g/mol. The van der Waals surface area contributed by atoms with Crippen LogP contribution in [0.2, 0.25) is 0 Å². The highest BCUT2D eigenvalue weighted by molar-refractivity contribution is 4.89. The molecule has 3 heteroatoms. The first-order chi connectivity index (χ1) is 10.7. The molecule has 0 aromatic carbocycles. The van der Waals surface area contributed by atoms with Crippen molar-refractivity contribution in [1.29, 1.82) is 0 Å². The van der Waals surface area contributed by atoms with Crippen molar-refractivity contribution >= 4 is 0 Å². The Morgan fingerprint density at radius 2 is 1.59 bits per heavy atom. The maximum Gasteiger partial charge on any atom is 0.0652 e. The van der Waals surface area contributed by atoms with Gasteiger partial charge in [-0.3, -0.25) is 0 Å². The predicted octanol–water partition coefficient (Wildman–Crippen LogP) is 4.56. The van der Waals surface area contributed by atoms with Gasteiger partial charge in [-0.05, 0) is 38.0 Å². The van der Waals surface area contributed by atoms with Gasteiger partial charge in [0.2, 0.25) is 0 Å². The van der Waals surface area contributed by atoms with E-state index in [0.29, 0.717) is 17.9 Å². The maximum absolute atomic E-state index is 9.77. The van der Waals surface area contributed by atoms with Crippen LogP contribution in [0, 0.1) is 11.8 Å². The smallest absolute Gasteiger partial charge is 0.0652 e. The summed E-state index contributed by atoms with van der Waals surface area (Å²) >= 11 is 0. The molecule has 2 aliphatic carbocycles. The molecular formula is C19H38O3. The first-order valence-corrected chi connectivity index (χ1v) is 9.41. The SMILES string of the molecule is CCCC.COC1CC(O)CCC1C(OC)C1CCCCC1. The lowest BCUT2D eigenvalue weighted by atomic mass is 9.73. The predicted molar refractivity (Wildman–Crippen MR) is 92.1 cm³/mol. The molecule has 2 rings (SSSR count). The summed E-state index contributed by atoms with van der Waals surface area (Å²) in [5.74, 6) is 1.16. The summed E-state index contributed by atoms with van der Waals surface area (Å²) in [6.45, 7) is 4.36. The zero-order valence-electron chi connectivity index (χ0n) is 15.2. The number of unbranched alkanes of at least 4 members (excludes halogenated alkanes) is 1. The van der Waals surface area contributed by atoms with Crippen LogP contribution in [-0.2, 0) is 9.47 Å². The van der Waals surface area contributed by atoms with Crippen LogP contribution in [0.1, 0.15) is 78.1 Å². The van der Waals surface area contributed by atoms with Crippen molar-refractivity contribution in [3.05, 3.63) is 0 Å². The minimum absolute atomic E-state index is 0.167. The third-order valence-electron chi connectivity index (χ3n) is 5.43. The Bertz CT molecular complexity index is 259. The van der Waals surface area contributed by atoms with Crippen LogP contribution in [0.5, 0.6) is 0 Å². The molecule has 132 valence electrons. The van der Waals surface area contributed by atoms with Crippen LogP contribution < -0.4 is 0 Å². The zero-order chi connectivity index (χ0) is 16.4. The van der Waals surface area contributed by atoms with Crippen molar-refractivity contribution in [2.75, 3.05) is 14.2 Å². The normalized spacial score (nSPS) is 31.2. The Labute approximate surface area is 137 Å². The molecule has 0 aromatic rings. The summed E-state index contributed by atoms with van der Waals surface area (Å²) in [6.07, 6.45) is 12.3. The van der Waals surface area contributed by atoms with Crippen molar-refractivity contribution in [3.8, 4) is 0 Å². The van der Waals surface area contributed by atoms with Crippen LogP contribution in [-0.4, -0.2) is 37.6 Å². The standard InChI is InChI=1S/C15H28O3.C4H10/c1-17-14-10-12(16)8-9-13(14)15(18-2)11-6-4-3-5-7-11;1-3-4-2/h11-16H,3-10H2,1-2H3;3-4H2,1-2H3. The van der Waals surface area contributed by atoms with E-state index in [0.717, 1.165) is 19.3 Å². The molecule has 22 heavy (non-hydrogen) atoms. The van der Waals surface area contributed by atoms with Gasteiger partial charge in [0.25, 0.3) is 0 Å². The second-order valence-electron chi connectivity index (χ2n) is 7.00. The lowest BCUT2D eigenvalue weighted by molar-refractivity contribution is -0.101. The van der Waals surface area contributed by atoms with E-state index in [1.807, 2.05) is 7.11 Å².